The van der Waals surface area contributed by atoms with Gasteiger partial charge in [0.2, 0.25) is 0 Å². The van der Waals surface area contributed by atoms with E-state index in [9.17, 15) is 4.79 Å². The summed E-state index contributed by atoms with van der Waals surface area (Å²) in [6.45, 7) is 2.14. The van der Waals surface area contributed by atoms with Crippen LogP contribution in [0.15, 0.2) is 48.5 Å². The van der Waals surface area contributed by atoms with E-state index in [0.29, 0.717) is 17.3 Å². The number of nitrogens with one attached hydrogen (secondary N) is 1. The Balaban J connectivity index is 1.85. The topological polar surface area (TPSA) is 47.6 Å². The number of benzene rings is 2. The minimum absolute atomic E-state index is 0.184. The summed E-state index contributed by atoms with van der Waals surface area (Å²) in [6.07, 6.45) is -0.600. The molecule has 116 valence electrons. The van der Waals surface area contributed by atoms with Gasteiger partial charge in [-0.3, -0.25) is 4.79 Å². The molecule has 2 rings (SSSR count). The van der Waals surface area contributed by atoms with Crippen LogP contribution < -0.4 is 14.8 Å². The average molecular weight is 320 g/mol. The van der Waals surface area contributed by atoms with E-state index in [4.69, 9.17) is 21.1 Å². The lowest BCUT2D eigenvalue weighted by molar-refractivity contribution is -0.127. The van der Waals surface area contributed by atoms with Crippen molar-refractivity contribution < 1.29 is 14.3 Å². The highest BCUT2D eigenvalue weighted by Gasteiger charge is 2.14. The second-order valence-corrected chi connectivity index (χ2v) is 5.22. The Morgan fingerprint density at radius 3 is 2.55 bits per heavy atom. The van der Waals surface area contributed by atoms with Crippen LogP contribution in [0.1, 0.15) is 12.5 Å². The summed E-state index contributed by atoms with van der Waals surface area (Å²) in [7, 11) is 1.62. The molecule has 22 heavy (non-hydrogen) atoms. The fourth-order valence-corrected chi connectivity index (χ4v) is 2.05. The molecule has 0 fully saturated rings. The Hall–Kier alpha value is -2.20. The molecule has 0 saturated heterocycles. The van der Waals surface area contributed by atoms with E-state index in [0.717, 1.165) is 11.3 Å². The Morgan fingerprint density at radius 2 is 1.91 bits per heavy atom. The summed E-state index contributed by atoms with van der Waals surface area (Å²) in [5.74, 6) is 1.17. The fourth-order valence-electron chi connectivity index (χ4n) is 1.87. The zero-order valence-corrected chi connectivity index (χ0v) is 13.3. The van der Waals surface area contributed by atoms with Gasteiger partial charge in [0.1, 0.15) is 11.5 Å². The number of ether oxygens (including phenoxy) is 2. The summed E-state index contributed by atoms with van der Waals surface area (Å²) >= 11 is 5.88. The number of carbonyl (C=O) groups is 1. The van der Waals surface area contributed by atoms with Gasteiger partial charge in [-0.05, 0) is 42.8 Å². The minimum atomic E-state index is -0.600. The minimum Gasteiger partial charge on any atom is -0.497 e. The van der Waals surface area contributed by atoms with Gasteiger partial charge in [0.15, 0.2) is 6.10 Å². The molecule has 0 aliphatic carbocycles. The standard InChI is InChI=1S/C17H18ClNO3/c1-12(22-16-5-3-4-14(18)10-16)17(20)19-11-13-6-8-15(21-2)9-7-13/h3-10,12H,11H2,1-2H3,(H,19,20)/t12-/m1/s1. The van der Waals surface area contributed by atoms with Gasteiger partial charge in [0.05, 0.1) is 7.11 Å². The van der Waals surface area contributed by atoms with Crippen molar-refractivity contribution in [3.05, 3.63) is 59.1 Å². The van der Waals surface area contributed by atoms with Gasteiger partial charge in [-0.2, -0.15) is 0 Å². The Labute approximate surface area is 135 Å². The fraction of sp³-hybridized carbons (Fsp3) is 0.235. The largest absolute Gasteiger partial charge is 0.497 e. The average Bonchev–Trinajstić information content (AvgIpc) is 2.53. The highest BCUT2D eigenvalue weighted by Crippen LogP contribution is 2.18. The molecule has 0 aromatic heterocycles. The van der Waals surface area contributed by atoms with Gasteiger partial charge in [-0.25, -0.2) is 0 Å². The molecule has 0 radical (unpaired) electrons. The first-order chi connectivity index (χ1) is 10.6. The van der Waals surface area contributed by atoms with Crippen LogP contribution in [0.3, 0.4) is 0 Å². The second kappa shape index (κ2) is 7.71. The Kier molecular flexibility index (Phi) is 5.67. The van der Waals surface area contributed by atoms with Crippen molar-refractivity contribution >= 4 is 17.5 Å². The lowest BCUT2D eigenvalue weighted by atomic mass is 10.2. The third-order valence-corrected chi connectivity index (χ3v) is 3.34. The van der Waals surface area contributed by atoms with Crippen molar-refractivity contribution in [1.82, 2.24) is 5.32 Å². The van der Waals surface area contributed by atoms with Crippen LogP contribution in [-0.4, -0.2) is 19.1 Å². The SMILES string of the molecule is COc1ccc(CNC(=O)[C@@H](C)Oc2cccc(Cl)c2)cc1. The van der Waals surface area contributed by atoms with Crippen LogP contribution in [0, 0.1) is 0 Å². The van der Waals surface area contributed by atoms with E-state index >= 15 is 0 Å². The van der Waals surface area contributed by atoms with Crippen molar-refractivity contribution in [2.24, 2.45) is 0 Å². The summed E-state index contributed by atoms with van der Waals surface area (Å²) in [6, 6.07) is 14.5. The predicted octanol–water partition coefficient (Wildman–Crippen LogP) is 3.43. The van der Waals surface area contributed by atoms with Gasteiger partial charge in [-0.1, -0.05) is 29.8 Å². The van der Waals surface area contributed by atoms with Crippen molar-refractivity contribution in [2.45, 2.75) is 19.6 Å². The normalized spacial score (nSPS) is 11.6. The predicted molar refractivity (Wildman–Crippen MR) is 86.4 cm³/mol. The number of methoxy groups -OCH3 is 1. The monoisotopic (exact) mass is 319 g/mol. The van der Waals surface area contributed by atoms with Gasteiger partial charge >= 0.3 is 0 Å². The van der Waals surface area contributed by atoms with Crippen LogP contribution >= 0.6 is 11.6 Å². The number of hydrogen-bond donors (Lipinski definition) is 1. The van der Waals surface area contributed by atoms with Gasteiger partial charge in [0.25, 0.3) is 5.91 Å². The van der Waals surface area contributed by atoms with E-state index in [1.807, 2.05) is 24.3 Å². The third kappa shape index (κ3) is 4.67. The number of amides is 1. The number of hydrogen-bond acceptors (Lipinski definition) is 3. The Bertz CT molecular complexity index is 628. The van der Waals surface area contributed by atoms with E-state index in [-0.39, 0.29) is 5.91 Å². The van der Waals surface area contributed by atoms with Crippen LogP contribution in [0.25, 0.3) is 0 Å². The van der Waals surface area contributed by atoms with Crippen molar-refractivity contribution in [2.75, 3.05) is 7.11 Å². The summed E-state index contributed by atoms with van der Waals surface area (Å²) in [5.41, 5.74) is 0.990. The molecule has 0 spiro atoms. The highest BCUT2D eigenvalue weighted by atomic mass is 35.5. The van der Waals surface area contributed by atoms with E-state index in [1.54, 1.807) is 38.3 Å². The summed E-state index contributed by atoms with van der Waals surface area (Å²) < 4.78 is 10.7. The Morgan fingerprint density at radius 1 is 1.18 bits per heavy atom. The maximum atomic E-state index is 12.0. The number of halogens is 1. The smallest absolute Gasteiger partial charge is 0.261 e. The molecule has 2 aromatic rings. The second-order valence-electron chi connectivity index (χ2n) is 4.78. The molecule has 1 amide bonds. The molecule has 0 aliphatic heterocycles. The quantitative estimate of drug-likeness (QED) is 0.887. The van der Waals surface area contributed by atoms with Crippen LogP contribution in [0.2, 0.25) is 5.02 Å². The molecule has 0 aliphatic rings. The molecule has 1 atom stereocenters. The summed E-state index contributed by atoms with van der Waals surface area (Å²) in [4.78, 5) is 12.0. The molecular formula is C17H18ClNO3. The maximum Gasteiger partial charge on any atom is 0.261 e. The molecular weight excluding hydrogens is 302 g/mol. The first kappa shape index (κ1) is 16.2. The number of carbonyl (C=O) groups excluding carboxylic acids is 1. The van der Waals surface area contributed by atoms with Crippen LogP contribution in [-0.2, 0) is 11.3 Å². The van der Waals surface area contributed by atoms with Gasteiger partial charge in [0, 0.05) is 11.6 Å². The van der Waals surface area contributed by atoms with E-state index in [2.05, 4.69) is 5.32 Å². The third-order valence-electron chi connectivity index (χ3n) is 3.10. The molecule has 0 bridgehead atoms. The maximum absolute atomic E-state index is 12.0. The molecule has 5 heteroatoms. The highest BCUT2D eigenvalue weighted by molar-refractivity contribution is 6.30. The van der Waals surface area contributed by atoms with Gasteiger partial charge in [-0.15, -0.1) is 0 Å². The van der Waals surface area contributed by atoms with Crippen LogP contribution in [0.4, 0.5) is 0 Å². The van der Waals surface area contributed by atoms with Crippen molar-refractivity contribution in [3.8, 4) is 11.5 Å². The first-order valence-corrected chi connectivity index (χ1v) is 7.29. The first-order valence-electron chi connectivity index (χ1n) is 6.91. The number of rotatable bonds is 6. The zero-order chi connectivity index (χ0) is 15.9. The van der Waals surface area contributed by atoms with Crippen molar-refractivity contribution in [3.63, 3.8) is 0 Å². The molecule has 4 nitrogen and oxygen atoms in total. The molecule has 0 unspecified atom stereocenters. The van der Waals surface area contributed by atoms with Crippen molar-refractivity contribution in [1.29, 1.82) is 0 Å². The van der Waals surface area contributed by atoms with Crippen LogP contribution in [0.5, 0.6) is 11.5 Å². The molecule has 1 N–H and O–H groups in total. The molecule has 2 aromatic carbocycles. The summed E-state index contributed by atoms with van der Waals surface area (Å²) in [5, 5.41) is 3.41. The van der Waals surface area contributed by atoms with E-state index < -0.39 is 6.10 Å². The van der Waals surface area contributed by atoms with Gasteiger partial charge < -0.3 is 14.8 Å². The lowest BCUT2D eigenvalue weighted by Crippen LogP contribution is -2.35. The molecule has 0 saturated carbocycles. The van der Waals surface area contributed by atoms with E-state index in [1.165, 1.54) is 0 Å². The zero-order valence-electron chi connectivity index (χ0n) is 12.5. The lowest BCUT2D eigenvalue weighted by Gasteiger charge is -2.15. The molecule has 0 heterocycles.